The fourth-order valence-corrected chi connectivity index (χ4v) is 3.83. The van der Waals surface area contributed by atoms with Crippen molar-refractivity contribution in [1.82, 2.24) is 4.90 Å². The van der Waals surface area contributed by atoms with Crippen LogP contribution in [0.15, 0.2) is 54.6 Å². The van der Waals surface area contributed by atoms with Gasteiger partial charge in [-0.05, 0) is 62.4 Å². The van der Waals surface area contributed by atoms with Crippen molar-refractivity contribution in [1.29, 1.82) is 0 Å². The van der Waals surface area contributed by atoms with E-state index in [1.807, 2.05) is 0 Å². The molecule has 1 aliphatic heterocycles. The third-order valence-electron chi connectivity index (χ3n) is 5.21. The van der Waals surface area contributed by atoms with E-state index in [9.17, 15) is 0 Å². The predicted molar refractivity (Wildman–Crippen MR) is 104 cm³/mol. The van der Waals surface area contributed by atoms with E-state index in [1.54, 1.807) is 0 Å². The van der Waals surface area contributed by atoms with Crippen molar-refractivity contribution in [3.63, 3.8) is 0 Å². The van der Waals surface area contributed by atoms with Gasteiger partial charge in [0, 0.05) is 31.9 Å². The van der Waals surface area contributed by atoms with Crippen molar-refractivity contribution in [2.24, 2.45) is 5.92 Å². The average Bonchev–Trinajstić information content (AvgIpc) is 3.05. The highest BCUT2D eigenvalue weighted by atomic mass is 15.1. The molecule has 1 saturated heterocycles. The van der Waals surface area contributed by atoms with E-state index in [1.165, 1.54) is 42.7 Å². The lowest BCUT2D eigenvalue weighted by Gasteiger charge is -2.21. The first-order valence-electron chi connectivity index (χ1n) is 9.38. The molecule has 1 heterocycles. The second kappa shape index (κ2) is 8.34. The molecule has 0 aromatic heterocycles. The fourth-order valence-electron chi connectivity index (χ4n) is 3.83. The van der Waals surface area contributed by atoms with Gasteiger partial charge in [-0.3, -0.25) is 4.90 Å². The predicted octanol–water partition coefficient (Wildman–Crippen LogP) is 4.60. The molecule has 2 aromatic rings. The van der Waals surface area contributed by atoms with Gasteiger partial charge in [0.1, 0.15) is 0 Å². The molecule has 0 radical (unpaired) electrons. The van der Waals surface area contributed by atoms with Gasteiger partial charge in [0.2, 0.25) is 0 Å². The highest BCUT2D eigenvalue weighted by Crippen LogP contribution is 2.24. The van der Waals surface area contributed by atoms with Crippen molar-refractivity contribution < 1.29 is 0 Å². The summed E-state index contributed by atoms with van der Waals surface area (Å²) in [6.45, 7) is 10.1. The molecule has 2 nitrogen and oxygen atoms in total. The minimum atomic E-state index is 0.799. The van der Waals surface area contributed by atoms with E-state index in [4.69, 9.17) is 0 Å². The number of likely N-dealkylation sites (tertiary alicyclic amines) is 1. The monoisotopic (exact) mass is 322 g/mol. The highest BCUT2D eigenvalue weighted by molar-refractivity contribution is 5.47. The van der Waals surface area contributed by atoms with Crippen LogP contribution < -0.4 is 4.90 Å². The van der Waals surface area contributed by atoms with Crippen LogP contribution >= 0.6 is 0 Å². The Kier molecular flexibility index (Phi) is 5.92. The fraction of sp³-hybridized carbons (Fsp3) is 0.455. The normalized spacial score (nSPS) is 18.0. The molecule has 1 unspecified atom stereocenters. The van der Waals surface area contributed by atoms with Crippen LogP contribution in [0, 0.1) is 5.92 Å². The largest absolute Gasteiger partial charge is 0.372 e. The van der Waals surface area contributed by atoms with E-state index < -0.39 is 0 Å². The van der Waals surface area contributed by atoms with Crippen LogP contribution in [0.3, 0.4) is 0 Å². The Balaban J connectivity index is 1.52. The quantitative estimate of drug-likeness (QED) is 0.735. The summed E-state index contributed by atoms with van der Waals surface area (Å²) in [7, 11) is 0. The summed E-state index contributed by atoms with van der Waals surface area (Å²) in [5, 5.41) is 0. The van der Waals surface area contributed by atoms with Crippen LogP contribution in [0.4, 0.5) is 5.69 Å². The molecule has 0 bridgehead atoms. The Morgan fingerprint density at radius 2 is 1.62 bits per heavy atom. The summed E-state index contributed by atoms with van der Waals surface area (Å²) in [5.41, 5.74) is 4.26. The van der Waals surface area contributed by atoms with Gasteiger partial charge in [-0.25, -0.2) is 0 Å². The third-order valence-corrected chi connectivity index (χ3v) is 5.21. The Hall–Kier alpha value is -1.80. The summed E-state index contributed by atoms with van der Waals surface area (Å²) >= 11 is 0. The van der Waals surface area contributed by atoms with Crippen molar-refractivity contribution in [2.75, 3.05) is 31.1 Å². The van der Waals surface area contributed by atoms with Gasteiger partial charge in [0.15, 0.2) is 0 Å². The van der Waals surface area contributed by atoms with E-state index in [-0.39, 0.29) is 0 Å². The molecule has 1 atom stereocenters. The minimum Gasteiger partial charge on any atom is -0.372 e. The summed E-state index contributed by atoms with van der Waals surface area (Å²) in [6.07, 6.45) is 2.54. The number of rotatable bonds is 7. The average molecular weight is 322 g/mol. The maximum absolute atomic E-state index is 2.60. The summed E-state index contributed by atoms with van der Waals surface area (Å²) in [4.78, 5) is 5.01. The molecule has 24 heavy (non-hydrogen) atoms. The van der Waals surface area contributed by atoms with Crippen LogP contribution in [-0.2, 0) is 13.0 Å². The van der Waals surface area contributed by atoms with E-state index in [0.29, 0.717) is 0 Å². The Morgan fingerprint density at radius 1 is 0.917 bits per heavy atom. The molecule has 2 aromatic carbocycles. The molecule has 0 spiro atoms. The second-order valence-corrected chi connectivity index (χ2v) is 6.92. The molecule has 0 saturated carbocycles. The van der Waals surface area contributed by atoms with Gasteiger partial charge in [0.25, 0.3) is 0 Å². The lowest BCUT2D eigenvalue weighted by Crippen LogP contribution is -2.21. The van der Waals surface area contributed by atoms with Crippen LogP contribution in [0.25, 0.3) is 0 Å². The topological polar surface area (TPSA) is 6.48 Å². The number of hydrogen-bond donors (Lipinski definition) is 0. The van der Waals surface area contributed by atoms with Crippen LogP contribution in [-0.4, -0.2) is 31.1 Å². The zero-order valence-electron chi connectivity index (χ0n) is 15.1. The number of hydrogen-bond acceptors (Lipinski definition) is 2. The van der Waals surface area contributed by atoms with Crippen molar-refractivity contribution in [3.05, 3.63) is 65.7 Å². The SMILES string of the molecule is CCN(CC)c1ccc(CC2CCN(Cc3ccccc3)C2)cc1. The first-order chi connectivity index (χ1) is 11.8. The van der Waals surface area contributed by atoms with Gasteiger partial charge >= 0.3 is 0 Å². The molecule has 1 fully saturated rings. The van der Waals surface area contributed by atoms with Crippen LogP contribution in [0.5, 0.6) is 0 Å². The maximum atomic E-state index is 2.60. The zero-order valence-corrected chi connectivity index (χ0v) is 15.1. The number of anilines is 1. The van der Waals surface area contributed by atoms with Crippen molar-refractivity contribution >= 4 is 5.69 Å². The van der Waals surface area contributed by atoms with Gasteiger partial charge in [0.05, 0.1) is 0 Å². The molecular weight excluding hydrogens is 292 g/mol. The van der Waals surface area contributed by atoms with Crippen LogP contribution in [0.2, 0.25) is 0 Å². The minimum absolute atomic E-state index is 0.799. The lowest BCUT2D eigenvalue weighted by molar-refractivity contribution is 0.316. The summed E-state index contributed by atoms with van der Waals surface area (Å²) in [6, 6.07) is 20.1. The maximum Gasteiger partial charge on any atom is 0.0366 e. The Bertz CT molecular complexity index is 602. The molecular formula is C22H30N2. The summed E-state index contributed by atoms with van der Waals surface area (Å²) < 4.78 is 0. The number of nitrogens with zero attached hydrogens (tertiary/aromatic N) is 2. The molecule has 3 rings (SSSR count). The molecule has 2 heteroatoms. The third kappa shape index (κ3) is 4.39. The van der Waals surface area contributed by atoms with Crippen molar-refractivity contribution in [2.45, 2.75) is 33.2 Å². The second-order valence-electron chi connectivity index (χ2n) is 6.92. The van der Waals surface area contributed by atoms with Crippen molar-refractivity contribution in [3.8, 4) is 0 Å². The van der Waals surface area contributed by atoms with E-state index in [0.717, 1.165) is 25.6 Å². The van der Waals surface area contributed by atoms with E-state index in [2.05, 4.69) is 78.2 Å². The molecule has 1 aliphatic rings. The smallest absolute Gasteiger partial charge is 0.0366 e. The van der Waals surface area contributed by atoms with Gasteiger partial charge in [-0.2, -0.15) is 0 Å². The lowest BCUT2D eigenvalue weighted by atomic mass is 9.98. The first-order valence-corrected chi connectivity index (χ1v) is 9.38. The van der Waals surface area contributed by atoms with E-state index >= 15 is 0 Å². The van der Waals surface area contributed by atoms with Gasteiger partial charge in [-0.1, -0.05) is 42.5 Å². The Morgan fingerprint density at radius 3 is 2.29 bits per heavy atom. The standard InChI is InChI=1S/C22H30N2/c1-3-24(4-2)22-12-10-19(11-13-22)16-21-14-15-23(18-21)17-20-8-6-5-7-9-20/h5-13,21H,3-4,14-18H2,1-2H3. The molecule has 0 aliphatic carbocycles. The highest BCUT2D eigenvalue weighted by Gasteiger charge is 2.22. The van der Waals surface area contributed by atoms with Crippen LogP contribution in [0.1, 0.15) is 31.4 Å². The molecule has 0 amide bonds. The molecule has 128 valence electrons. The summed E-state index contributed by atoms with van der Waals surface area (Å²) in [5.74, 6) is 0.799. The first kappa shape index (κ1) is 17.0. The number of benzene rings is 2. The molecule has 0 N–H and O–H groups in total. The van der Waals surface area contributed by atoms with Gasteiger partial charge in [-0.15, -0.1) is 0 Å². The van der Waals surface area contributed by atoms with Gasteiger partial charge < -0.3 is 4.90 Å². The zero-order chi connectivity index (χ0) is 16.8. The Labute approximate surface area is 147 Å².